The molecule has 1 rings (SSSR count). The van der Waals surface area contributed by atoms with Gasteiger partial charge in [-0.2, -0.15) is 0 Å². The zero-order chi connectivity index (χ0) is 15.0. The number of hydrogen-bond donors (Lipinski definition) is 2. The molecule has 4 heteroatoms. The summed E-state index contributed by atoms with van der Waals surface area (Å²) in [4.78, 5) is 14.1. The third-order valence-corrected chi connectivity index (χ3v) is 3.27. The molecule has 0 fully saturated rings. The van der Waals surface area contributed by atoms with Gasteiger partial charge < -0.3 is 10.4 Å². The Labute approximate surface area is 121 Å². The number of carbonyl (C=O) groups is 1. The molecule has 2 N–H and O–H groups in total. The van der Waals surface area contributed by atoms with Gasteiger partial charge in [0.05, 0.1) is 13.2 Å². The fraction of sp³-hybridized carbons (Fsp3) is 0.562. The molecule has 0 atom stereocenters. The number of nitrogens with zero attached hydrogens (tertiary/aromatic N) is 1. The average molecular weight is 278 g/mol. The number of amides is 1. The molecule has 4 nitrogen and oxygen atoms in total. The SMILES string of the molecule is CCCCN(CCO)CC(=O)Nc1ccc(C)cc1C. The molecule has 0 heterocycles. The number of rotatable bonds is 8. The topological polar surface area (TPSA) is 52.6 Å². The first-order valence-corrected chi connectivity index (χ1v) is 7.27. The van der Waals surface area contributed by atoms with Crippen molar-refractivity contribution < 1.29 is 9.90 Å². The molecule has 0 unspecified atom stereocenters. The van der Waals surface area contributed by atoms with Gasteiger partial charge in [-0.05, 0) is 38.4 Å². The van der Waals surface area contributed by atoms with E-state index in [4.69, 9.17) is 5.11 Å². The lowest BCUT2D eigenvalue weighted by molar-refractivity contribution is -0.117. The van der Waals surface area contributed by atoms with E-state index >= 15 is 0 Å². The van der Waals surface area contributed by atoms with Crippen LogP contribution in [0.5, 0.6) is 0 Å². The van der Waals surface area contributed by atoms with E-state index in [9.17, 15) is 4.79 Å². The largest absolute Gasteiger partial charge is 0.395 e. The van der Waals surface area contributed by atoms with Crippen LogP contribution in [0.2, 0.25) is 0 Å². The van der Waals surface area contributed by atoms with Gasteiger partial charge in [0, 0.05) is 12.2 Å². The lowest BCUT2D eigenvalue weighted by Crippen LogP contribution is -2.36. The van der Waals surface area contributed by atoms with Gasteiger partial charge in [-0.3, -0.25) is 9.69 Å². The maximum atomic E-state index is 12.1. The van der Waals surface area contributed by atoms with E-state index < -0.39 is 0 Å². The van der Waals surface area contributed by atoms with Crippen LogP contribution in [0.3, 0.4) is 0 Å². The van der Waals surface area contributed by atoms with Crippen LogP contribution in [-0.2, 0) is 4.79 Å². The van der Waals surface area contributed by atoms with E-state index in [0.717, 1.165) is 30.6 Å². The molecule has 0 aliphatic carbocycles. The summed E-state index contributed by atoms with van der Waals surface area (Å²) in [7, 11) is 0. The molecule has 112 valence electrons. The van der Waals surface area contributed by atoms with Crippen LogP contribution >= 0.6 is 0 Å². The number of carbonyl (C=O) groups excluding carboxylic acids is 1. The van der Waals surface area contributed by atoms with Crippen molar-refractivity contribution in [1.82, 2.24) is 4.90 Å². The van der Waals surface area contributed by atoms with Crippen LogP contribution in [0.1, 0.15) is 30.9 Å². The molecule has 0 saturated carbocycles. The molecule has 20 heavy (non-hydrogen) atoms. The normalized spacial score (nSPS) is 10.8. The number of unbranched alkanes of at least 4 members (excludes halogenated alkanes) is 1. The van der Waals surface area contributed by atoms with Crippen LogP contribution in [0.15, 0.2) is 18.2 Å². The van der Waals surface area contributed by atoms with Crippen molar-refractivity contribution in [3.8, 4) is 0 Å². The third kappa shape index (κ3) is 5.72. The Morgan fingerprint density at radius 1 is 1.30 bits per heavy atom. The van der Waals surface area contributed by atoms with E-state index in [-0.39, 0.29) is 12.5 Å². The zero-order valence-corrected chi connectivity index (χ0v) is 12.8. The van der Waals surface area contributed by atoms with Gasteiger partial charge in [0.1, 0.15) is 0 Å². The van der Waals surface area contributed by atoms with Gasteiger partial charge in [-0.1, -0.05) is 31.0 Å². The summed E-state index contributed by atoms with van der Waals surface area (Å²) in [6.45, 7) is 7.94. The van der Waals surface area contributed by atoms with Crippen molar-refractivity contribution in [1.29, 1.82) is 0 Å². The van der Waals surface area contributed by atoms with Crippen molar-refractivity contribution in [3.63, 3.8) is 0 Å². The van der Waals surface area contributed by atoms with Crippen LogP contribution in [-0.4, -0.2) is 42.2 Å². The first-order chi connectivity index (χ1) is 9.56. The molecule has 0 aliphatic heterocycles. The minimum absolute atomic E-state index is 0.0264. The van der Waals surface area contributed by atoms with E-state index in [1.165, 1.54) is 5.56 Å². The molecule has 0 radical (unpaired) electrons. The summed E-state index contributed by atoms with van der Waals surface area (Å²) >= 11 is 0. The van der Waals surface area contributed by atoms with Gasteiger partial charge in [0.25, 0.3) is 0 Å². The maximum Gasteiger partial charge on any atom is 0.238 e. The van der Waals surface area contributed by atoms with Crippen LogP contribution in [0.4, 0.5) is 5.69 Å². The van der Waals surface area contributed by atoms with E-state index in [2.05, 4.69) is 18.3 Å². The van der Waals surface area contributed by atoms with Gasteiger partial charge in [-0.15, -0.1) is 0 Å². The highest BCUT2D eigenvalue weighted by molar-refractivity contribution is 5.93. The molecule has 0 spiro atoms. The standard InChI is InChI=1S/C16H26N2O2/c1-4-5-8-18(9-10-19)12-16(20)17-15-7-6-13(2)11-14(15)3/h6-7,11,19H,4-5,8-10,12H2,1-3H3,(H,17,20). The number of aliphatic hydroxyl groups excluding tert-OH is 1. The summed E-state index contributed by atoms with van der Waals surface area (Å²) in [6.07, 6.45) is 2.12. The molecule has 0 aliphatic rings. The minimum Gasteiger partial charge on any atom is -0.395 e. The Morgan fingerprint density at radius 3 is 2.65 bits per heavy atom. The highest BCUT2D eigenvalue weighted by Gasteiger charge is 2.11. The first-order valence-electron chi connectivity index (χ1n) is 7.27. The smallest absolute Gasteiger partial charge is 0.238 e. The van der Waals surface area contributed by atoms with Crippen molar-refractivity contribution in [3.05, 3.63) is 29.3 Å². The minimum atomic E-state index is -0.0264. The number of aryl methyl sites for hydroxylation is 2. The molecule has 1 amide bonds. The predicted octanol–water partition coefficient (Wildman–Crippen LogP) is 2.34. The molecule has 0 bridgehead atoms. The lowest BCUT2D eigenvalue weighted by atomic mass is 10.1. The summed E-state index contributed by atoms with van der Waals surface area (Å²) in [5.41, 5.74) is 3.12. The maximum absolute atomic E-state index is 12.1. The number of hydrogen-bond acceptors (Lipinski definition) is 3. The Kier molecular flexibility index (Phi) is 7.26. The number of nitrogens with one attached hydrogen (secondary N) is 1. The van der Waals surface area contributed by atoms with Crippen LogP contribution in [0, 0.1) is 13.8 Å². The molecular formula is C16H26N2O2. The molecule has 1 aromatic rings. The van der Waals surface area contributed by atoms with E-state index in [1.807, 2.05) is 30.9 Å². The quantitative estimate of drug-likeness (QED) is 0.767. The second-order valence-electron chi connectivity index (χ2n) is 5.22. The van der Waals surface area contributed by atoms with E-state index in [0.29, 0.717) is 13.1 Å². The zero-order valence-electron chi connectivity index (χ0n) is 12.8. The first kappa shape index (κ1) is 16.7. The fourth-order valence-corrected chi connectivity index (χ4v) is 2.14. The average Bonchev–Trinajstić information content (AvgIpc) is 2.39. The lowest BCUT2D eigenvalue weighted by Gasteiger charge is -2.20. The van der Waals surface area contributed by atoms with Crippen LogP contribution in [0.25, 0.3) is 0 Å². The number of aliphatic hydroxyl groups is 1. The van der Waals surface area contributed by atoms with Crippen LogP contribution < -0.4 is 5.32 Å². The van der Waals surface area contributed by atoms with Crippen molar-refractivity contribution in [2.75, 3.05) is 31.6 Å². The number of benzene rings is 1. The summed E-state index contributed by atoms with van der Waals surface area (Å²) < 4.78 is 0. The Balaban J connectivity index is 2.55. The Hall–Kier alpha value is -1.39. The molecule has 0 aromatic heterocycles. The summed E-state index contributed by atoms with van der Waals surface area (Å²) in [5.74, 6) is -0.0264. The molecular weight excluding hydrogens is 252 g/mol. The second kappa shape index (κ2) is 8.72. The highest BCUT2D eigenvalue weighted by Crippen LogP contribution is 2.15. The Bertz CT molecular complexity index is 432. The monoisotopic (exact) mass is 278 g/mol. The van der Waals surface area contributed by atoms with Gasteiger partial charge in [0.15, 0.2) is 0 Å². The predicted molar refractivity (Wildman–Crippen MR) is 83.0 cm³/mol. The van der Waals surface area contributed by atoms with Gasteiger partial charge >= 0.3 is 0 Å². The van der Waals surface area contributed by atoms with Gasteiger partial charge in [0.2, 0.25) is 5.91 Å². The fourth-order valence-electron chi connectivity index (χ4n) is 2.14. The second-order valence-corrected chi connectivity index (χ2v) is 5.22. The third-order valence-electron chi connectivity index (χ3n) is 3.27. The highest BCUT2D eigenvalue weighted by atomic mass is 16.3. The van der Waals surface area contributed by atoms with Gasteiger partial charge in [-0.25, -0.2) is 0 Å². The summed E-state index contributed by atoms with van der Waals surface area (Å²) in [6, 6.07) is 5.98. The molecule has 0 saturated heterocycles. The van der Waals surface area contributed by atoms with Crippen molar-refractivity contribution in [2.45, 2.75) is 33.6 Å². The number of anilines is 1. The van der Waals surface area contributed by atoms with Crippen molar-refractivity contribution in [2.24, 2.45) is 0 Å². The van der Waals surface area contributed by atoms with E-state index in [1.54, 1.807) is 0 Å². The molecule has 1 aromatic carbocycles. The summed E-state index contributed by atoms with van der Waals surface area (Å²) in [5, 5.41) is 12.0. The van der Waals surface area contributed by atoms with Crippen molar-refractivity contribution >= 4 is 11.6 Å². The Morgan fingerprint density at radius 2 is 2.05 bits per heavy atom.